The molecule has 144 valence electrons. The third-order valence-electron chi connectivity index (χ3n) is 3.98. The van der Waals surface area contributed by atoms with Gasteiger partial charge in [-0.25, -0.2) is 0 Å². The summed E-state index contributed by atoms with van der Waals surface area (Å²) in [5.74, 6) is 2.01. The maximum atomic E-state index is 12.4. The van der Waals surface area contributed by atoms with Gasteiger partial charge in [-0.3, -0.25) is 9.36 Å². The second-order valence-electron chi connectivity index (χ2n) is 5.91. The molecule has 0 fully saturated rings. The lowest BCUT2D eigenvalue weighted by molar-refractivity contribution is -0.113. The SMILES string of the molecule is COCc1nnc(SCC(=O)Nc2ccc3c(c2)OCO3)n1-c1ccccc1. The highest BCUT2D eigenvalue weighted by atomic mass is 32.2. The molecule has 1 N–H and O–H groups in total. The maximum Gasteiger partial charge on any atom is 0.234 e. The molecule has 0 bridgehead atoms. The highest BCUT2D eigenvalue weighted by molar-refractivity contribution is 7.99. The first-order valence-electron chi connectivity index (χ1n) is 8.55. The summed E-state index contributed by atoms with van der Waals surface area (Å²) in [6.45, 7) is 0.521. The van der Waals surface area contributed by atoms with Gasteiger partial charge in [-0.05, 0) is 24.3 Å². The number of nitrogens with zero attached hydrogens (tertiary/aromatic N) is 3. The van der Waals surface area contributed by atoms with Crippen LogP contribution in [0.15, 0.2) is 53.7 Å². The number of amides is 1. The zero-order valence-electron chi connectivity index (χ0n) is 15.1. The normalized spacial score (nSPS) is 12.2. The lowest BCUT2D eigenvalue weighted by Crippen LogP contribution is -2.14. The van der Waals surface area contributed by atoms with Crippen molar-refractivity contribution in [1.29, 1.82) is 0 Å². The van der Waals surface area contributed by atoms with Gasteiger partial charge in [-0.1, -0.05) is 30.0 Å². The summed E-state index contributed by atoms with van der Waals surface area (Å²) in [6, 6.07) is 15.0. The van der Waals surface area contributed by atoms with E-state index >= 15 is 0 Å². The van der Waals surface area contributed by atoms with Gasteiger partial charge in [0.05, 0.1) is 5.75 Å². The highest BCUT2D eigenvalue weighted by Crippen LogP contribution is 2.34. The summed E-state index contributed by atoms with van der Waals surface area (Å²) in [5, 5.41) is 11.9. The quantitative estimate of drug-likeness (QED) is 0.612. The van der Waals surface area contributed by atoms with Gasteiger partial charge in [0.25, 0.3) is 0 Å². The van der Waals surface area contributed by atoms with Crippen molar-refractivity contribution in [3.05, 3.63) is 54.4 Å². The molecule has 1 aliphatic heterocycles. The van der Waals surface area contributed by atoms with Crippen LogP contribution in [0.2, 0.25) is 0 Å². The van der Waals surface area contributed by atoms with Crippen molar-refractivity contribution in [2.75, 3.05) is 25.0 Å². The van der Waals surface area contributed by atoms with E-state index in [4.69, 9.17) is 14.2 Å². The van der Waals surface area contributed by atoms with Crippen molar-refractivity contribution in [3.63, 3.8) is 0 Å². The molecule has 3 aromatic rings. The van der Waals surface area contributed by atoms with Gasteiger partial charge in [-0.2, -0.15) is 0 Å². The van der Waals surface area contributed by atoms with Crippen LogP contribution < -0.4 is 14.8 Å². The number of thioether (sulfide) groups is 1. The fraction of sp³-hybridized carbons (Fsp3) is 0.211. The first-order chi connectivity index (χ1) is 13.7. The van der Waals surface area contributed by atoms with Crippen molar-refractivity contribution >= 4 is 23.4 Å². The van der Waals surface area contributed by atoms with E-state index in [0.29, 0.717) is 34.8 Å². The van der Waals surface area contributed by atoms with Gasteiger partial charge < -0.3 is 19.5 Å². The Morgan fingerprint density at radius 2 is 2.00 bits per heavy atom. The van der Waals surface area contributed by atoms with Crippen LogP contribution in [0.4, 0.5) is 5.69 Å². The van der Waals surface area contributed by atoms with E-state index in [0.717, 1.165) is 5.69 Å². The van der Waals surface area contributed by atoms with Crippen LogP contribution in [0, 0.1) is 0 Å². The fourth-order valence-corrected chi connectivity index (χ4v) is 3.53. The molecule has 2 aromatic carbocycles. The van der Waals surface area contributed by atoms with Crippen molar-refractivity contribution in [2.24, 2.45) is 0 Å². The van der Waals surface area contributed by atoms with Crippen molar-refractivity contribution in [3.8, 4) is 17.2 Å². The third kappa shape index (κ3) is 3.95. The van der Waals surface area contributed by atoms with E-state index in [1.807, 2.05) is 34.9 Å². The van der Waals surface area contributed by atoms with E-state index in [-0.39, 0.29) is 18.5 Å². The minimum absolute atomic E-state index is 0.153. The van der Waals surface area contributed by atoms with Crippen molar-refractivity contribution < 1.29 is 19.0 Å². The summed E-state index contributed by atoms with van der Waals surface area (Å²) in [6.07, 6.45) is 0. The number of carbonyl (C=O) groups is 1. The summed E-state index contributed by atoms with van der Waals surface area (Å²) in [5.41, 5.74) is 1.57. The number of anilines is 1. The third-order valence-corrected chi connectivity index (χ3v) is 4.91. The molecule has 0 unspecified atom stereocenters. The van der Waals surface area contributed by atoms with E-state index in [1.54, 1.807) is 25.3 Å². The predicted octanol–water partition coefficient (Wildman–Crippen LogP) is 2.87. The molecule has 0 atom stereocenters. The number of fused-ring (bicyclic) bond motifs is 1. The Bertz CT molecular complexity index is 977. The van der Waals surface area contributed by atoms with Gasteiger partial charge in [0.1, 0.15) is 6.61 Å². The molecule has 0 saturated heterocycles. The molecule has 0 aliphatic carbocycles. The zero-order chi connectivity index (χ0) is 19.3. The first kappa shape index (κ1) is 18.3. The van der Waals surface area contributed by atoms with Gasteiger partial charge in [0.15, 0.2) is 22.5 Å². The summed E-state index contributed by atoms with van der Waals surface area (Å²) >= 11 is 1.31. The topological polar surface area (TPSA) is 87.5 Å². The van der Waals surface area contributed by atoms with Crippen LogP contribution in [0.1, 0.15) is 5.82 Å². The van der Waals surface area contributed by atoms with Crippen LogP contribution >= 0.6 is 11.8 Å². The van der Waals surface area contributed by atoms with Crippen molar-refractivity contribution in [1.82, 2.24) is 14.8 Å². The van der Waals surface area contributed by atoms with E-state index < -0.39 is 0 Å². The number of nitrogens with one attached hydrogen (secondary N) is 1. The molecule has 8 nitrogen and oxygen atoms in total. The number of hydrogen-bond acceptors (Lipinski definition) is 7. The molecule has 2 heterocycles. The van der Waals surface area contributed by atoms with Crippen molar-refractivity contribution in [2.45, 2.75) is 11.8 Å². The molecule has 28 heavy (non-hydrogen) atoms. The summed E-state index contributed by atoms with van der Waals surface area (Å²) in [7, 11) is 1.61. The average molecular weight is 398 g/mol. The van der Waals surface area contributed by atoms with Gasteiger partial charge in [0, 0.05) is 24.6 Å². The fourth-order valence-electron chi connectivity index (χ4n) is 2.75. The van der Waals surface area contributed by atoms with E-state index in [2.05, 4.69) is 15.5 Å². The molecule has 9 heteroatoms. The summed E-state index contributed by atoms with van der Waals surface area (Å²) in [4.78, 5) is 12.4. The van der Waals surface area contributed by atoms with Crippen LogP contribution in [-0.4, -0.2) is 40.3 Å². The number of aromatic nitrogens is 3. The Hall–Kier alpha value is -3.04. The number of ether oxygens (including phenoxy) is 3. The number of hydrogen-bond donors (Lipinski definition) is 1. The molecule has 4 rings (SSSR count). The predicted molar refractivity (Wildman–Crippen MR) is 104 cm³/mol. The molecule has 0 radical (unpaired) electrons. The Balaban J connectivity index is 1.45. The van der Waals surface area contributed by atoms with E-state index in [1.165, 1.54) is 11.8 Å². The van der Waals surface area contributed by atoms with Crippen LogP contribution in [-0.2, 0) is 16.1 Å². The highest BCUT2D eigenvalue weighted by Gasteiger charge is 2.17. The Kier molecular flexibility index (Phi) is 5.45. The van der Waals surface area contributed by atoms with Crippen LogP contribution in [0.25, 0.3) is 5.69 Å². The number of methoxy groups -OCH3 is 1. The smallest absolute Gasteiger partial charge is 0.234 e. The zero-order valence-corrected chi connectivity index (χ0v) is 15.9. The Morgan fingerprint density at radius 1 is 1.18 bits per heavy atom. The van der Waals surface area contributed by atoms with E-state index in [9.17, 15) is 4.79 Å². The second kappa shape index (κ2) is 8.32. The number of carbonyl (C=O) groups excluding carboxylic acids is 1. The lowest BCUT2D eigenvalue weighted by atomic mass is 10.3. The summed E-state index contributed by atoms with van der Waals surface area (Å²) < 4.78 is 17.7. The molecule has 0 saturated carbocycles. The van der Waals surface area contributed by atoms with Crippen LogP contribution in [0.3, 0.4) is 0 Å². The molecule has 0 spiro atoms. The molecular formula is C19H18N4O4S. The molecule has 1 aliphatic rings. The monoisotopic (exact) mass is 398 g/mol. The Labute approximate surface area is 165 Å². The van der Waals surface area contributed by atoms with Gasteiger partial charge >= 0.3 is 0 Å². The second-order valence-corrected chi connectivity index (χ2v) is 6.85. The maximum absolute atomic E-state index is 12.4. The minimum atomic E-state index is -0.153. The van der Waals surface area contributed by atoms with Gasteiger partial charge in [-0.15, -0.1) is 10.2 Å². The lowest BCUT2D eigenvalue weighted by Gasteiger charge is -2.10. The van der Waals surface area contributed by atoms with Gasteiger partial charge in [0.2, 0.25) is 12.7 Å². The number of benzene rings is 2. The largest absolute Gasteiger partial charge is 0.454 e. The molecule has 1 amide bonds. The number of rotatable bonds is 7. The average Bonchev–Trinajstić information content (AvgIpc) is 3.34. The number of para-hydroxylation sites is 1. The first-order valence-corrected chi connectivity index (χ1v) is 9.54. The minimum Gasteiger partial charge on any atom is -0.454 e. The Morgan fingerprint density at radius 3 is 2.82 bits per heavy atom. The van der Waals surface area contributed by atoms with Crippen LogP contribution in [0.5, 0.6) is 11.5 Å². The molecular weight excluding hydrogens is 380 g/mol. The standard InChI is InChI=1S/C19H18N4O4S/c1-25-10-17-21-22-19(23(17)14-5-3-2-4-6-14)28-11-18(24)20-13-7-8-15-16(9-13)27-12-26-15/h2-9H,10-12H2,1H3,(H,20,24). The molecule has 1 aromatic heterocycles.